The molecule has 0 aliphatic heterocycles. The minimum absolute atomic E-state index is 0.104. The SMILES string of the molecule is CC(=O)SCCC(F)(F)CC(F)(F)C(C)(F)F. The lowest BCUT2D eigenvalue weighted by molar-refractivity contribution is -0.230. The quantitative estimate of drug-likeness (QED) is 0.686. The molecule has 0 radical (unpaired) electrons. The van der Waals surface area contributed by atoms with Gasteiger partial charge in [0.25, 0.3) is 5.92 Å². The van der Waals surface area contributed by atoms with Crippen LogP contribution < -0.4 is 0 Å². The van der Waals surface area contributed by atoms with Crippen molar-refractivity contribution in [3.8, 4) is 0 Å². The van der Waals surface area contributed by atoms with Gasteiger partial charge in [0.05, 0.1) is 6.42 Å². The first-order chi connectivity index (χ1) is 7.37. The number of thioether (sulfide) groups is 1. The number of carbonyl (C=O) groups is 1. The molecule has 0 atom stereocenters. The molecule has 0 spiro atoms. The zero-order chi connectivity index (χ0) is 13.9. The van der Waals surface area contributed by atoms with E-state index in [1.54, 1.807) is 0 Å². The molecular weight excluding hydrogens is 270 g/mol. The average molecular weight is 282 g/mol. The summed E-state index contributed by atoms with van der Waals surface area (Å²) in [6.45, 7) is 1.03. The monoisotopic (exact) mass is 282 g/mol. The lowest BCUT2D eigenvalue weighted by atomic mass is 10.0. The second-order valence-corrected chi connectivity index (χ2v) is 4.99. The maximum absolute atomic E-state index is 13.0. The Kier molecular flexibility index (Phi) is 5.37. The third-order valence-electron chi connectivity index (χ3n) is 1.90. The van der Waals surface area contributed by atoms with E-state index in [2.05, 4.69) is 0 Å². The van der Waals surface area contributed by atoms with Crippen molar-refractivity contribution in [2.45, 2.75) is 44.5 Å². The van der Waals surface area contributed by atoms with Crippen LogP contribution in [0.5, 0.6) is 0 Å². The Morgan fingerprint density at radius 1 is 1.12 bits per heavy atom. The summed E-state index contributed by atoms with van der Waals surface area (Å²) in [5.74, 6) is -13.6. The van der Waals surface area contributed by atoms with Gasteiger partial charge in [-0.25, -0.2) is 17.6 Å². The maximum Gasteiger partial charge on any atom is 0.315 e. The largest absolute Gasteiger partial charge is 0.315 e. The third kappa shape index (κ3) is 6.18. The second-order valence-electron chi connectivity index (χ2n) is 3.72. The molecule has 0 N–H and O–H groups in total. The van der Waals surface area contributed by atoms with Crippen molar-refractivity contribution in [1.82, 2.24) is 0 Å². The molecule has 1 nitrogen and oxygen atoms in total. The van der Waals surface area contributed by atoms with E-state index in [1.165, 1.54) is 0 Å². The van der Waals surface area contributed by atoms with Crippen molar-refractivity contribution in [2.24, 2.45) is 0 Å². The lowest BCUT2D eigenvalue weighted by Gasteiger charge is -2.27. The predicted molar refractivity (Wildman–Crippen MR) is 52.9 cm³/mol. The Labute approximate surface area is 98.9 Å². The van der Waals surface area contributed by atoms with Gasteiger partial charge in [-0.2, -0.15) is 8.78 Å². The highest BCUT2D eigenvalue weighted by atomic mass is 32.2. The van der Waals surface area contributed by atoms with Crippen molar-refractivity contribution < 1.29 is 31.1 Å². The van der Waals surface area contributed by atoms with Gasteiger partial charge >= 0.3 is 11.8 Å². The lowest BCUT2D eigenvalue weighted by Crippen LogP contribution is -2.42. The molecule has 102 valence electrons. The number of rotatable bonds is 6. The predicted octanol–water partition coefficient (Wildman–Crippen LogP) is 3.97. The third-order valence-corrected chi connectivity index (χ3v) is 2.71. The van der Waals surface area contributed by atoms with Gasteiger partial charge in [0.15, 0.2) is 5.12 Å². The van der Waals surface area contributed by atoms with Crippen LogP contribution >= 0.6 is 11.8 Å². The van der Waals surface area contributed by atoms with E-state index < -0.39 is 35.7 Å². The summed E-state index contributed by atoms with van der Waals surface area (Å²) < 4.78 is 76.0. The molecule has 0 aromatic carbocycles. The van der Waals surface area contributed by atoms with Crippen LogP contribution in [0.2, 0.25) is 0 Å². The van der Waals surface area contributed by atoms with Crippen LogP contribution in [0.3, 0.4) is 0 Å². The van der Waals surface area contributed by atoms with Crippen LogP contribution in [0.1, 0.15) is 26.7 Å². The molecule has 0 unspecified atom stereocenters. The summed E-state index contributed by atoms with van der Waals surface area (Å²) in [6.07, 6.45) is -3.26. The maximum atomic E-state index is 13.0. The molecule has 0 heterocycles. The van der Waals surface area contributed by atoms with Crippen LogP contribution in [-0.4, -0.2) is 28.6 Å². The fraction of sp³-hybridized carbons (Fsp3) is 0.889. The number of halogens is 6. The molecule has 0 aliphatic rings. The van der Waals surface area contributed by atoms with E-state index >= 15 is 0 Å². The Bertz CT molecular complexity index is 273. The molecule has 0 rings (SSSR count). The van der Waals surface area contributed by atoms with E-state index in [-0.39, 0.29) is 12.7 Å². The van der Waals surface area contributed by atoms with Crippen LogP contribution in [0, 0.1) is 0 Å². The van der Waals surface area contributed by atoms with Gasteiger partial charge in [0.1, 0.15) is 0 Å². The Balaban J connectivity index is 4.39. The number of hydrogen-bond acceptors (Lipinski definition) is 2. The van der Waals surface area contributed by atoms with Crippen molar-refractivity contribution in [2.75, 3.05) is 5.75 Å². The van der Waals surface area contributed by atoms with Crippen molar-refractivity contribution in [3.05, 3.63) is 0 Å². The molecule has 0 saturated carbocycles. The fourth-order valence-electron chi connectivity index (χ4n) is 0.912. The van der Waals surface area contributed by atoms with E-state index in [0.29, 0.717) is 11.8 Å². The summed E-state index contributed by atoms with van der Waals surface area (Å²) in [6, 6.07) is 0. The molecular formula is C9H12F6OS. The highest BCUT2D eigenvalue weighted by molar-refractivity contribution is 8.13. The summed E-state index contributed by atoms with van der Waals surface area (Å²) in [7, 11) is 0. The van der Waals surface area contributed by atoms with Crippen molar-refractivity contribution in [3.63, 3.8) is 0 Å². The Hall–Kier alpha value is -0.400. The molecule has 0 amide bonds. The smallest absolute Gasteiger partial charge is 0.288 e. The first-order valence-corrected chi connectivity index (χ1v) is 5.63. The topological polar surface area (TPSA) is 17.1 Å². The first kappa shape index (κ1) is 16.6. The van der Waals surface area contributed by atoms with Gasteiger partial charge in [0, 0.05) is 26.0 Å². The molecule has 0 bridgehead atoms. The van der Waals surface area contributed by atoms with E-state index in [9.17, 15) is 31.1 Å². The van der Waals surface area contributed by atoms with Crippen LogP contribution in [-0.2, 0) is 4.79 Å². The number of alkyl halides is 6. The first-order valence-electron chi connectivity index (χ1n) is 4.64. The van der Waals surface area contributed by atoms with Gasteiger partial charge in [-0.15, -0.1) is 0 Å². The normalized spacial score (nSPS) is 13.9. The van der Waals surface area contributed by atoms with Gasteiger partial charge in [-0.05, 0) is 0 Å². The molecule has 0 aromatic heterocycles. The molecule has 0 aliphatic carbocycles. The number of carbonyl (C=O) groups excluding carboxylic acids is 1. The average Bonchev–Trinajstić information content (AvgIpc) is 1.97. The van der Waals surface area contributed by atoms with Crippen LogP contribution in [0.4, 0.5) is 26.3 Å². The standard InChI is InChI=1S/C9H12F6OS/c1-6(16)17-4-3-8(12,13)5-9(14,15)7(2,10)11/h3-5H2,1-2H3. The summed E-state index contributed by atoms with van der Waals surface area (Å²) >= 11 is 0.540. The van der Waals surface area contributed by atoms with Gasteiger partial charge in [0.2, 0.25) is 0 Å². The molecule has 0 aromatic rings. The van der Waals surface area contributed by atoms with E-state index in [0.717, 1.165) is 6.92 Å². The summed E-state index contributed by atoms with van der Waals surface area (Å²) in [5, 5.41) is -0.437. The highest BCUT2D eigenvalue weighted by Gasteiger charge is 2.57. The van der Waals surface area contributed by atoms with Gasteiger partial charge < -0.3 is 0 Å². The van der Waals surface area contributed by atoms with E-state index in [4.69, 9.17) is 0 Å². The summed E-state index contributed by atoms with van der Waals surface area (Å²) in [5.41, 5.74) is 0. The Morgan fingerprint density at radius 2 is 1.59 bits per heavy atom. The van der Waals surface area contributed by atoms with E-state index in [1.807, 2.05) is 0 Å². The van der Waals surface area contributed by atoms with Crippen LogP contribution in [0.25, 0.3) is 0 Å². The van der Waals surface area contributed by atoms with Crippen LogP contribution in [0.15, 0.2) is 0 Å². The molecule has 0 fully saturated rings. The summed E-state index contributed by atoms with van der Waals surface area (Å²) in [4.78, 5) is 10.4. The van der Waals surface area contributed by atoms with Gasteiger partial charge in [-0.1, -0.05) is 11.8 Å². The molecule has 0 saturated heterocycles. The minimum atomic E-state index is -4.77. The molecule has 8 heteroatoms. The Morgan fingerprint density at radius 3 is 1.94 bits per heavy atom. The highest BCUT2D eigenvalue weighted by Crippen LogP contribution is 2.42. The minimum Gasteiger partial charge on any atom is -0.288 e. The zero-order valence-corrected chi connectivity index (χ0v) is 10.0. The zero-order valence-electron chi connectivity index (χ0n) is 9.21. The number of hydrogen-bond donors (Lipinski definition) is 0. The van der Waals surface area contributed by atoms with Gasteiger partial charge in [-0.3, -0.25) is 4.79 Å². The van der Waals surface area contributed by atoms with Crippen molar-refractivity contribution >= 4 is 16.9 Å². The molecule has 17 heavy (non-hydrogen) atoms. The second kappa shape index (κ2) is 5.49. The van der Waals surface area contributed by atoms with Crippen molar-refractivity contribution in [1.29, 1.82) is 0 Å². The fourth-order valence-corrected chi connectivity index (χ4v) is 1.60.